The lowest BCUT2D eigenvalue weighted by molar-refractivity contribution is -0.193. The molecule has 30 heavy (non-hydrogen) atoms. The number of anilines is 1. The van der Waals surface area contributed by atoms with Crippen molar-refractivity contribution < 1.29 is 18.6 Å². The van der Waals surface area contributed by atoms with Crippen LogP contribution in [0.2, 0.25) is 0 Å². The van der Waals surface area contributed by atoms with E-state index < -0.39 is 0 Å². The maximum atomic E-state index is 6.05. The summed E-state index contributed by atoms with van der Waals surface area (Å²) in [5, 5.41) is 0. The van der Waals surface area contributed by atoms with Crippen LogP contribution in [-0.4, -0.2) is 44.7 Å². The molecule has 1 aliphatic rings. The van der Waals surface area contributed by atoms with E-state index in [1.54, 1.807) is 0 Å². The Kier molecular flexibility index (Phi) is 6.55. The van der Waals surface area contributed by atoms with E-state index >= 15 is 0 Å². The molecule has 4 rings (SSSR count). The predicted octanol–water partition coefficient (Wildman–Crippen LogP) is 5.26. The highest BCUT2D eigenvalue weighted by Gasteiger charge is 2.19. The van der Waals surface area contributed by atoms with Gasteiger partial charge in [-0.25, -0.2) is 4.98 Å². The minimum Gasteiger partial charge on any atom is -0.491 e. The standard InChI is InChI=1S/C24H30N2O4/c1-4-19(29-23-7-5-6-14-27-23)16-28-20-12-13-22-21(15-20)25-24(30-22)17-8-10-18(11-9-17)26(2)3/h8-13,15,19,23H,4-7,14,16H2,1-3H3/t19-,23?/m1/s1. The van der Waals surface area contributed by atoms with E-state index in [2.05, 4.69) is 28.9 Å². The Morgan fingerprint density at radius 3 is 2.67 bits per heavy atom. The molecule has 2 heterocycles. The quantitative estimate of drug-likeness (QED) is 0.505. The first-order valence-electron chi connectivity index (χ1n) is 10.7. The van der Waals surface area contributed by atoms with Crippen LogP contribution < -0.4 is 9.64 Å². The average Bonchev–Trinajstić information content (AvgIpc) is 3.21. The van der Waals surface area contributed by atoms with Crippen molar-refractivity contribution in [1.82, 2.24) is 4.98 Å². The molecule has 0 bridgehead atoms. The first kappa shape index (κ1) is 20.7. The number of fused-ring (bicyclic) bond motifs is 1. The van der Waals surface area contributed by atoms with Gasteiger partial charge in [0.05, 0.1) is 6.10 Å². The highest BCUT2D eigenvalue weighted by molar-refractivity contribution is 5.78. The van der Waals surface area contributed by atoms with Gasteiger partial charge < -0.3 is 23.5 Å². The van der Waals surface area contributed by atoms with Crippen molar-refractivity contribution in [2.75, 3.05) is 32.2 Å². The van der Waals surface area contributed by atoms with Crippen LogP contribution in [0.25, 0.3) is 22.6 Å². The molecule has 3 aromatic rings. The van der Waals surface area contributed by atoms with Crippen LogP contribution in [0.3, 0.4) is 0 Å². The van der Waals surface area contributed by atoms with Crippen LogP contribution in [-0.2, 0) is 9.47 Å². The number of rotatable bonds is 8. The van der Waals surface area contributed by atoms with Crippen molar-refractivity contribution >= 4 is 16.8 Å². The topological polar surface area (TPSA) is 57.0 Å². The van der Waals surface area contributed by atoms with E-state index in [0.29, 0.717) is 12.5 Å². The van der Waals surface area contributed by atoms with Gasteiger partial charge in [-0.05, 0) is 62.1 Å². The minimum atomic E-state index is -0.105. The lowest BCUT2D eigenvalue weighted by Crippen LogP contribution is -2.31. The summed E-state index contributed by atoms with van der Waals surface area (Å²) in [4.78, 5) is 6.71. The second kappa shape index (κ2) is 9.49. The van der Waals surface area contributed by atoms with E-state index in [-0.39, 0.29) is 12.4 Å². The number of ether oxygens (including phenoxy) is 3. The number of hydrogen-bond acceptors (Lipinski definition) is 6. The molecule has 0 aliphatic carbocycles. The monoisotopic (exact) mass is 410 g/mol. The zero-order valence-electron chi connectivity index (χ0n) is 18.0. The minimum absolute atomic E-state index is 0.00637. The first-order valence-corrected chi connectivity index (χ1v) is 10.7. The van der Waals surface area contributed by atoms with Gasteiger partial charge in [0.1, 0.15) is 17.9 Å². The van der Waals surface area contributed by atoms with Gasteiger partial charge in [-0.2, -0.15) is 0 Å². The van der Waals surface area contributed by atoms with E-state index in [9.17, 15) is 0 Å². The van der Waals surface area contributed by atoms with Crippen molar-refractivity contribution in [2.45, 2.75) is 45.0 Å². The van der Waals surface area contributed by atoms with E-state index in [0.717, 1.165) is 60.4 Å². The molecule has 6 heteroatoms. The number of benzene rings is 2. The molecule has 2 atom stereocenters. The Morgan fingerprint density at radius 1 is 1.13 bits per heavy atom. The molecule has 1 aliphatic heterocycles. The molecule has 2 aromatic carbocycles. The SMILES string of the molecule is CC[C@H](COc1ccc2oc(-c3ccc(N(C)C)cc3)nc2c1)OC1CCCCO1. The molecule has 0 N–H and O–H groups in total. The Hall–Kier alpha value is -2.57. The highest BCUT2D eigenvalue weighted by Crippen LogP contribution is 2.28. The summed E-state index contributed by atoms with van der Waals surface area (Å²) in [5.41, 5.74) is 3.61. The zero-order chi connectivity index (χ0) is 20.9. The molecule has 0 radical (unpaired) electrons. The van der Waals surface area contributed by atoms with Crippen molar-refractivity contribution in [3.05, 3.63) is 42.5 Å². The predicted molar refractivity (Wildman–Crippen MR) is 118 cm³/mol. The second-order valence-electron chi connectivity index (χ2n) is 7.86. The number of aromatic nitrogens is 1. The molecule has 6 nitrogen and oxygen atoms in total. The molecule has 1 saturated heterocycles. The smallest absolute Gasteiger partial charge is 0.227 e. The molecule has 0 spiro atoms. The molecule has 160 valence electrons. The lowest BCUT2D eigenvalue weighted by Gasteiger charge is -2.27. The van der Waals surface area contributed by atoms with Crippen LogP contribution in [0, 0.1) is 0 Å². The molecule has 1 aromatic heterocycles. The van der Waals surface area contributed by atoms with Crippen LogP contribution in [0.4, 0.5) is 5.69 Å². The largest absolute Gasteiger partial charge is 0.491 e. The van der Waals surface area contributed by atoms with Gasteiger partial charge in [0, 0.05) is 38.0 Å². The fraction of sp³-hybridized carbons (Fsp3) is 0.458. The molecular weight excluding hydrogens is 380 g/mol. The summed E-state index contributed by atoms with van der Waals surface area (Å²) in [6.45, 7) is 3.37. The lowest BCUT2D eigenvalue weighted by atomic mass is 10.2. The number of hydrogen-bond donors (Lipinski definition) is 0. The van der Waals surface area contributed by atoms with Crippen LogP contribution in [0.5, 0.6) is 5.75 Å². The zero-order valence-corrected chi connectivity index (χ0v) is 18.0. The Balaban J connectivity index is 1.41. The third-order valence-electron chi connectivity index (χ3n) is 5.36. The summed E-state index contributed by atoms with van der Waals surface area (Å²) in [7, 11) is 4.04. The van der Waals surface area contributed by atoms with Gasteiger partial charge in [-0.3, -0.25) is 0 Å². The average molecular weight is 411 g/mol. The van der Waals surface area contributed by atoms with Gasteiger partial charge >= 0.3 is 0 Å². The van der Waals surface area contributed by atoms with E-state index in [4.69, 9.17) is 18.6 Å². The fourth-order valence-corrected chi connectivity index (χ4v) is 3.50. The summed E-state index contributed by atoms with van der Waals surface area (Å²) >= 11 is 0. The third-order valence-corrected chi connectivity index (χ3v) is 5.36. The van der Waals surface area contributed by atoms with Crippen molar-refractivity contribution in [1.29, 1.82) is 0 Å². The van der Waals surface area contributed by atoms with Gasteiger partial charge in [0.25, 0.3) is 0 Å². The van der Waals surface area contributed by atoms with Crippen LogP contribution >= 0.6 is 0 Å². The normalized spacial score (nSPS) is 17.8. The summed E-state index contributed by atoms with van der Waals surface area (Å²) < 4.78 is 23.7. The second-order valence-corrected chi connectivity index (χ2v) is 7.86. The summed E-state index contributed by atoms with van der Waals surface area (Å²) in [5.74, 6) is 1.37. The molecular formula is C24H30N2O4. The highest BCUT2D eigenvalue weighted by atomic mass is 16.7. The Morgan fingerprint density at radius 2 is 1.97 bits per heavy atom. The van der Waals surface area contributed by atoms with Gasteiger partial charge in [0.2, 0.25) is 5.89 Å². The third kappa shape index (κ3) is 4.94. The van der Waals surface area contributed by atoms with Gasteiger partial charge in [0.15, 0.2) is 11.9 Å². The number of oxazole rings is 1. The van der Waals surface area contributed by atoms with E-state index in [1.807, 2.05) is 44.4 Å². The van der Waals surface area contributed by atoms with Crippen molar-refractivity contribution in [3.63, 3.8) is 0 Å². The van der Waals surface area contributed by atoms with Crippen LogP contribution in [0.1, 0.15) is 32.6 Å². The maximum absolute atomic E-state index is 6.05. The number of nitrogens with zero attached hydrogens (tertiary/aromatic N) is 2. The maximum Gasteiger partial charge on any atom is 0.227 e. The Labute approximate surface area is 177 Å². The molecule has 0 amide bonds. The van der Waals surface area contributed by atoms with E-state index in [1.165, 1.54) is 0 Å². The van der Waals surface area contributed by atoms with Gasteiger partial charge in [-0.1, -0.05) is 6.92 Å². The van der Waals surface area contributed by atoms with Crippen molar-refractivity contribution in [3.8, 4) is 17.2 Å². The van der Waals surface area contributed by atoms with Gasteiger partial charge in [-0.15, -0.1) is 0 Å². The fourth-order valence-electron chi connectivity index (χ4n) is 3.50. The summed E-state index contributed by atoms with van der Waals surface area (Å²) in [6, 6.07) is 13.9. The molecule has 0 saturated carbocycles. The summed E-state index contributed by atoms with van der Waals surface area (Å²) in [6.07, 6.45) is 4.01. The van der Waals surface area contributed by atoms with Crippen LogP contribution in [0.15, 0.2) is 46.9 Å². The Bertz CT molecular complexity index is 945. The molecule has 1 unspecified atom stereocenters. The molecule has 1 fully saturated rings. The van der Waals surface area contributed by atoms with Crippen molar-refractivity contribution in [2.24, 2.45) is 0 Å². The first-order chi connectivity index (χ1) is 14.6.